The summed E-state index contributed by atoms with van der Waals surface area (Å²) < 4.78 is 17.9. The highest BCUT2D eigenvalue weighted by Gasteiger charge is 2.20. The minimum Gasteiger partial charge on any atom is -0.379 e. The molecule has 1 N–H and O–H groups in total. The summed E-state index contributed by atoms with van der Waals surface area (Å²) in [5.74, 6) is 0.795. The molecule has 4 nitrogen and oxygen atoms in total. The van der Waals surface area contributed by atoms with Gasteiger partial charge in [0.1, 0.15) is 0 Å². The Morgan fingerprint density at radius 3 is 2.80 bits per heavy atom. The molecule has 0 aromatic carbocycles. The van der Waals surface area contributed by atoms with E-state index in [4.69, 9.17) is 4.74 Å². The van der Waals surface area contributed by atoms with Gasteiger partial charge < -0.3 is 10.1 Å². The van der Waals surface area contributed by atoms with Gasteiger partial charge in [0.2, 0.25) is 5.95 Å². The maximum absolute atomic E-state index is 12.4. The Morgan fingerprint density at radius 1 is 1.40 bits per heavy atom. The predicted octanol–water partition coefficient (Wildman–Crippen LogP) is 1.45. The second kappa shape index (κ2) is 5.02. The normalized spacial score (nSPS) is 15.3. The molecule has 2 rings (SSSR count). The molecule has 1 aliphatic rings. The smallest absolute Gasteiger partial charge is 0.222 e. The van der Waals surface area contributed by atoms with E-state index in [-0.39, 0.29) is 0 Å². The van der Waals surface area contributed by atoms with Gasteiger partial charge in [-0.1, -0.05) is 0 Å². The van der Waals surface area contributed by atoms with Crippen molar-refractivity contribution in [1.82, 2.24) is 9.97 Å². The molecule has 1 aromatic rings. The van der Waals surface area contributed by atoms with Gasteiger partial charge in [0.15, 0.2) is 5.82 Å². The maximum atomic E-state index is 12.4. The van der Waals surface area contributed by atoms with Crippen LogP contribution in [-0.4, -0.2) is 29.7 Å². The molecule has 1 saturated carbocycles. The number of ether oxygens (including phenoxy) is 1. The molecule has 1 fully saturated rings. The molecule has 5 heteroatoms. The predicted molar refractivity (Wildman–Crippen MR) is 54.0 cm³/mol. The van der Waals surface area contributed by atoms with Gasteiger partial charge >= 0.3 is 0 Å². The van der Waals surface area contributed by atoms with Gasteiger partial charge in [-0.2, -0.15) is 0 Å². The van der Waals surface area contributed by atoms with Crippen molar-refractivity contribution in [2.24, 2.45) is 5.92 Å². The largest absolute Gasteiger partial charge is 0.379 e. The van der Waals surface area contributed by atoms with Crippen LogP contribution in [0.5, 0.6) is 0 Å². The first-order valence-corrected chi connectivity index (χ1v) is 5.14. The fourth-order valence-corrected chi connectivity index (χ4v) is 1.17. The zero-order valence-electron chi connectivity index (χ0n) is 8.45. The van der Waals surface area contributed by atoms with Crippen molar-refractivity contribution in [1.29, 1.82) is 0 Å². The first kappa shape index (κ1) is 10.3. The molecule has 1 aliphatic carbocycles. The highest BCUT2D eigenvalue weighted by molar-refractivity contribution is 5.21. The van der Waals surface area contributed by atoms with Gasteiger partial charge in [-0.3, -0.25) is 0 Å². The molecule has 15 heavy (non-hydrogen) atoms. The van der Waals surface area contributed by atoms with Crippen LogP contribution in [0.25, 0.3) is 0 Å². The summed E-state index contributed by atoms with van der Waals surface area (Å²) in [6.45, 7) is 2.14. The van der Waals surface area contributed by atoms with E-state index in [1.54, 1.807) is 0 Å². The Bertz CT molecular complexity index is 300. The summed E-state index contributed by atoms with van der Waals surface area (Å²) in [6, 6.07) is 0. The first-order chi connectivity index (χ1) is 7.34. The molecular formula is C10H14FN3O. The van der Waals surface area contributed by atoms with Gasteiger partial charge in [-0.05, 0) is 18.8 Å². The number of aromatic nitrogens is 2. The number of anilines is 1. The van der Waals surface area contributed by atoms with E-state index in [1.165, 1.54) is 12.8 Å². The van der Waals surface area contributed by atoms with Crippen LogP contribution in [0.1, 0.15) is 12.8 Å². The van der Waals surface area contributed by atoms with Crippen molar-refractivity contribution in [2.45, 2.75) is 12.8 Å². The van der Waals surface area contributed by atoms with E-state index < -0.39 is 5.82 Å². The average molecular weight is 211 g/mol. The summed E-state index contributed by atoms with van der Waals surface area (Å²) >= 11 is 0. The summed E-state index contributed by atoms with van der Waals surface area (Å²) in [5, 5.41) is 2.95. The Morgan fingerprint density at radius 2 is 2.13 bits per heavy atom. The number of nitrogens with one attached hydrogen (secondary N) is 1. The van der Waals surface area contributed by atoms with Crippen LogP contribution in [0.3, 0.4) is 0 Å². The van der Waals surface area contributed by atoms with Crippen LogP contribution in [0.4, 0.5) is 10.3 Å². The van der Waals surface area contributed by atoms with Gasteiger partial charge in [0, 0.05) is 13.2 Å². The standard InChI is InChI=1S/C10H14FN3O/c11-9-5-13-10(14-6-9)12-3-4-15-7-8-1-2-8/h5-6,8H,1-4,7H2,(H,12,13,14). The van der Waals surface area contributed by atoms with Gasteiger partial charge in [-0.25, -0.2) is 14.4 Å². The summed E-state index contributed by atoms with van der Waals surface area (Å²) in [6.07, 6.45) is 4.88. The molecular weight excluding hydrogens is 197 g/mol. The molecule has 0 radical (unpaired) electrons. The van der Waals surface area contributed by atoms with Gasteiger partial charge in [-0.15, -0.1) is 0 Å². The van der Waals surface area contributed by atoms with Crippen molar-refractivity contribution in [3.63, 3.8) is 0 Å². The van der Waals surface area contributed by atoms with Crippen molar-refractivity contribution < 1.29 is 9.13 Å². The molecule has 1 aromatic heterocycles. The SMILES string of the molecule is Fc1cnc(NCCOCC2CC2)nc1. The van der Waals surface area contributed by atoms with Crippen LogP contribution < -0.4 is 5.32 Å². The molecule has 1 heterocycles. The van der Waals surface area contributed by atoms with Gasteiger partial charge in [0.05, 0.1) is 19.0 Å². The van der Waals surface area contributed by atoms with Crippen LogP contribution in [0.15, 0.2) is 12.4 Å². The zero-order valence-corrected chi connectivity index (χ0v) is 8.45. The zero-order chi connectivity index (χ0) is 10.5. The van der Waals surface area contributed by atoms with E-state index >= 15 is 0 Å². The number of nitrogens with zero attached hydrogens (tertiary/aromatic N) is 2. The van der Waals surface area contributed by atoms with Crippen molar-refractivity contribution in [3.05, 3.63) is 18.2 Å². The lowest BCUT2D eigenvalue weighted by atomic mass is 10.5. The fraction of sp³-hybridized carbons (Fsp3) is 0.600. The summed E-state index contributed by atoms with van der Waals surface area (Å²) in [7, 11) is 0. The Labute approximate surface area is 87.9 Å². The third-order valence-corrected chi connectivity index (χ3v) is 2.20. The third kappa shape index (κ3) is 3.79. The van der Waals surface area contributed by atoms with Gasteiger partial charge in [0.25, 0.3) is 0 Å². The molecule has 0 atom stereocenters. The molecule has 82 valence electrons. The summed E-state index contributed by atoms with van der Waals surface area (Å²) in [4.78, 5) is 7.54. The average Bonchev–Trinajstić information content (AvgIpc) is 3.04. The van der Waals surface area contributed by atoms with E-state index in [0.29, 0.717) is 19.1 Å². The van der Waals surface area contributed by atoms with E-state index in [9.17, 15) is 4.39 Å². The van der Waals surface area contributed by atoms with Crippen LogP contribution >= 0.6 is 0 Å². The highest BCUT2D eigenvalue weighted by Crippen LogP contribution is 2.28. The lowest BCUT2D eigenvalue weighted by Gasteiger charge is -2.04. The number of hydrogen-bond acceptors (Lipinski definition) is 4. The lowest BCUT2D eigenvalue weighted by Crippen LogP contribution is -2.12. The number of halogens is 1. The van der Waals surface area contributed by atoms with Crippen molar-refractivity contribution >= 4 is 5.95 Å². The minimum atomic E-state index is -0.425. The number of hydrogen-bond donors (Lipinski definition) is 1. The molecule has 0 unspecified atom stereocenters. The van der Waals surface area contributed by atoms with E-state index in [1.807, 2.05) is 0 Å². The maximum Gasteiger partial charge on any atom is 0.222 e. The molecule has 0 spiro atoms. The minimum absolute atomic E-state index is 0.425. The van der Waals surface area contributed by atoms with E-state index in [2.05, 4.69) is 15.3 Å². The van der Waals surface area contributed by atoms with E-state index in [0.717, 1.165) is 24.9 Å². The molecule has 0 bridgehead atoms. The Balaban J connectivity index is 1.58. The first-order valence-electron chi connectivity index (χ1n) is 5.14. The number of rotatable bonds is 6. The fourth-order valence-electron chi connectivity index (χ4n) is 1.17. The topological polar surface area (TPSA) is 47.0 Å². The Hall–Kier alpha value is -1.23. The summed E-state index contributed by atoms with van der Waals surface area (Å²) in [5.41, 5.74) is 0. The van der Waals surface area contributed by atoms with Crippen LogP contribution in [-0.2, 0) is 4.74 Å². The van der Waals surface area contributed by atoms with Crippen LogP contribution in [0, 0.1) is 11.7 Å². The highest BCUT2D eigenvalue weighted by atomic mass is 19.1. The second-order valence-corrected chi connectivity index (χ2v) is 3.67. The van der Waals surface area contributed by atoms with Crippen molar-refractivity contribution in [2.75, 3.05) is 25.1 Å². The molecule has 0 amide bonds. The Kier molecular flexibility index (Phi) is 3.45. The monoisotopic (exact) mass is 211 g/mol. The van der Waals surface area contributed by atoms with Crippen molar-refractivity contribution in [3.8, 4) is 0 Å². The molecule has 0 aliphatic heterocycles. The second-order valence-electron chi connectivity index (χ2n) is 3.67. The quantitative estimate of drug-likeness (QED) is 0.723. The molecule has 0 saturated heterocycles. The third-order valence-electron chi connectivity index (χ3n) is 2.20. The lowest BCUT2D eigenvalue weighted by molar-refractivity contribution is 0.133. The van der Waals surface area contributed by atoms with Crippen LogP contribution in [0.2, 0.25) is 0 Å².